The van der Waals surface area contributed by atoms with Crippen LogP contribution in [0.5, 0.6) is 11.5 Å². The van der Waals surface area contributed by atoms with Gasteiger partial charge in [-0.2, -0.15) is 5.26 Å². The number of pyridine rings is 1. The Hall–Kier alpha value is -4.95. The lowest BCUT2D eigenvalue weighted by atomic mass is 9.96. The van der Waals surface area contributed by atoms with E-state index in [1.165, 1.54) is 25.5 Å². The molecule has 1 N–H and O–H groups in total. The Kier molecular flexibility index (Phi) is 11.0. The highest BCUT2D eigenvalue weighted by atomic mass is 35.5. The molecule has 0 aliphatic carbocycles. The molecule has 3 aromatic carbocycles. The van der Waals surface area contributed by atoms with Crippen molar-refractivity contribution >= 4 is 28.7 Å². The predicted molar refractivity (Wildman–Crippen MR) is 198 cm³/mol. The second-order valence-corrected chi connectivity index (χ2v) is 14.2. The number of carboxylic acids is 1. The second kappa shape index (κ2) is 16.2. The molecule has 0 unspecified atom stereocenters. The smallest absolute Gasteiger partial charge is 0.317 e. The van der Waals surface area contributed by atoms with Crippen LogP contribution in [0.3, 0.4) is 0 Å². The first kappa shape index (κ1) is 35.5. The SMILES string of the molecule is Cc1c(COc2cc(OCc3cncc(C#N)c3)c(CN3CCCCC3)cc2Cl)cccc1-c1ccc2oc(C3CCN(CC(=O)O)CC3)nc2c1. The minimum atomic E-state index is -0.798. The average molecular weight is 720 g/mol. The van der Waals surface area contributed by atoms with E-state index in [9.17, 15) is 10.1 Å². The van der Waals surface area contributed by atoms with Gasteiger partial charge in [-0.05, 0) is 105 Å². The molecule has 0 saturated carbocycles. The lowest BCUT2D eigenvalue weighted by Crippen LogP contribution is -2.36. The van der Waals surface area contributed by atoms with Gasteiger partial charge in [0.25, 0.3) is 0 Å². The van der Waals surface area contributed by atoms with Crippen LogP contribution in [0.4, 0.5) is 0 Å². The maximum Gasteiger partial charge on any atom is 0.317 e. The quantitative estimate of drug-likeness (QED) is 0.135. The maximum atomic E-state index is 11.1. The number of hydrogen-bond acceptors (Lipinski definition) is 9. The fraction of sp³-hybridized carbons (Fsp3) is 0.366. The number of oxazole rings is 1. The van der Waals surface area contributed by atoms with E-state index in [0.29, 0.717) is 41.8 Å². The molecular formula is C41H42ClN5O5. The molecular weight excluding hydrogens is 678 g/mol. The summed E-state index contributed by atoms with van der Waals surface area (Å²) in [5.41, 5.74) is 8.09. The zero-order valence-corrected chi connectivity index (χ0v) is 30.1. The predicted octanol–water partition coefficient (Wildman–Crippen LogP) is 8.13. The number of benzene rings is 3. The van der Waals surface area contributed by atoms with Gasteiger partial charge in [-0.25, -0.2) is 4.98 Å². The summed E-state index contributed by atoms with van der Waals surface area (Å²) in [6.07, 6.45) is 8.51. The first-order chi connectivity index (χ1) is 25.3. The Morgan fingerprint density at radius 2 is 1.77 bits per heavy atom. The number of fused-ring (bicyclic) bond motifs is 1. The van der Waals surface area contributed by atoms with Gasteiger partial charge < -0.3 is 19.0 Å². The lowest BCUT2D eigenvalue weighted by molar-refractivity contribution is -0.138. The summed E-state index contributed by atoms with van der Waals surface area (Å²) in [6, 6.07) is 20.1. The van der Waals surface area contributed by atoms with Crippen molar-refractivity contribution in [2.24, 2.45) is 0 Å². The number of nitrogens with zero attached hydrogens (tertiary/aromatic N) is 5. The van der Waals surface area contributed by atoms with Crippen LogP contribution in [0.1, 0.15) is 71.7 Å². The molecule has 0 amide bonds. The number of aliphatic carboxylic acids is 1. The van der Waals surface area contributed by atoms with Gasteiger partial charge in [0.1, 0.15) is 36.3 Å². The van der Waals surface area contributed by atoms with Crippen molar-refractivity contribution < 1.29 is 23.8 Å². The summed E-state index contributed by atoms with van der Waals surface area (Å²) in [5.74, 6) is 1.33. The molecule has 5 aromatic rings. The summed E-state index contributed by atoms with van der Waals surface area (Å²) in [5, 5.41) is 19.0. The fourth-order valence-corrected chi connectivity index (χ4v) is 7.46. The van der Waals surface area contributed by atoms with Crippen LogP contribution in [0.2, 0.25) is 5.02 Å². The molecule has 0 atom stereocenters. The Morgan fingerprint density at radius 3 is 2.56 bits per heavy atom. The first-order valence-corrected chi connectivity index (χ1v) is 18.3. The summed E-state index contributed by atoms with van der Waals surface area (Å²) in [6.45, 7) is 6.99. The van der Waals surface area contributed by atoms with E-state index in [1.807, 2.05) is 29.2 Å². The number of ether oxygens (including phenoxy) is 2. The summed E-state index contributed by atoms with van der Waals surface area (Å²) in [7, 11) is 0. The highest BCUT2D eigenvalue weighted by Crippen LogP contribution is 2.37. The molecule has 10 nitrogen and oxygen atoms in total. The monoisotopic (exact) mass is 719 g/mol. The molecule has 0 radical (unpaired) electrons. The molecule has 2 aromatic heterocycles. The fourth-order valence-electron chi connectivity index (χ4n) is 7.22. The Labute approximate surface area is 308 Å². The Bertz CT molecular complexity index is 2100. The Morgan fingerprint density at radius 1 is 0.962 bits per heavy atom. The van der Waals surface area contributed by atoms with E-state index in [1.54, 1.807) is 12.3 Å². The van der Waals surface area contributed by atoms with Crippen molar-refractivity contribution in [2.75, 3.05) is 32.7 Å². The van der Waals surface area contributed by atoms with Gasteiger partial charge in [0.2, 0.25) is 0 Å². The Balaban J connectivity index is 1.07. The zero-order chi connectivity index (χ0) is 36.0. The van der Waals surface area contributed by atoms with Crippen LogP contribution in [-0.2, 0) is 24.6 Å². The average Bonchev–Trinajstić information content (AvgIpc) is 3.59. The van der Waals surface area contributed by atoms with Gasteiger partial charge in [-0.15, -0.1) is 0 Å². The van der Waals surface area contributed by atoms with Crippen molar-refractivity contribution in [1.29, 1.82) is 5.26 Å². The van der Waals surface area contributed by atoms with E-state index in [4.69, 9.17) is 35.6 Å². The molecule has 268 valence electrons. The molecule has 11 heteroatoms. The number of aromatic nitrogens is 2. The van der Waals surface area contributed by atoms with Gasteiger partial charge in [-0.1, -0.05) is 42.3 Å². The van der Waals surface area contributed by atoms with Crippen LogP contribution < -0.4 is 9.47 Å². The van der Waals surface area contributed by atoms with Gasteiger partial charge in [0.15, 0.2) is 11.5 Å². The summed E-state index contributed by atoms with van der Waals surface area (Å²) in [4.78, 5) is 24.5. The topological polar surface area (TPSA) is 125 Å². The molecule has 0 spiro atoms. The van der Waals surface area contributed by atoms with Crippen molar-refractivity contribution in [3.8, 4) is 28.7 Å². The van der Waals surface area contributed by atoms with Crippen molar-refractivity contribution in [3.05, 3.63) is 106 Å². The number of likely N-dealkylation sites (tertiary alicyclic amines) is 2. The molecule has 2 fully saturated rings. The minimum absolute atomic E-state index is 0.0687. The third kappa shape index (κ3) is 8.39. The number of hydrogen-bond donors (Lipinski definition) is 1. The van der Waals surface area contributed by atoms with E-state index >= 15 is 0 Å². The van der Waals surface area contributed by atoms with E-state index < -0.39 is 5.97 Å². The zero-order valence-electron chi connectivity index (χ0n) is 29.3. The van der Waals surface area contributed by atoms with Crippen LogP contribution >= 0.6 is 11.6 Å². The standard InChI is InChI=1S/C41H42ClN5O5/c1-27-32(6-5-7-34(27)31-8-9-37-36(18-31)45-41(52-37)30-10-14-47(15-11-30)24-40(48)49)26-51-39-19-38(50-25-29-16-28(20-43)21-44-22-29)33(17-35(39)42)23-46-12-3-2-4-13-46/h5-9,16-19,21-22,30H,2-4,10-15,23-26H2,1H3,(H,48,49). The number of piperidine rings is 2. The van der Waals surface area contributed by atoms with Crippen LogP contribution in [0, 0.1) is 18.3 Å². The number of carbonyl (C=O) groups is 1. The summed E-state index contributed by atoms with van der Waals surface area (Å²) < 4.78 is 18.9. The number of nitriles is 1. The lowest BCUT2D eigenvalue weighted by Gasteiger charge is -2.28. The van der Waals surface area contributed by atoms with Crippen molar-refractivity contribution in [2.45, 2.75) is 64.7 Å². The third-order valence-corrected chi connectivity index (χ3v) is 10.4. The minimum Gasteiger partial charge on any atom is -0.488 e. The highest BCUT2D eigenvalue weighted by molar-refractivity contribution is 6.32. The molecule has 0 bridgehead atoms. The summed E-state index contributed by atoms with van der Waals surface area (Å²) >= 11 is 6.86. The normalized spacial score (nSPS) is 15.8. The molecule has 2 aliphatic rings. The van der Waals surface area contributed by atoms with Gasteiger partial charge >= 0.3 is 5.97 Å². The van der Waals surface area contributed by atoms with E-state index in [2.05, 4.69) is 47.1 Å². The first-order valence-electron chi connectivity index (χ1n) is 17.9. The molecule has 52 heavy (non-hydrogen) atoms. The van der Waals surface area contributed by atoms with E-state index in [0.717, 1.165) is 82.8 Å². The molecule has 2 aliphatic heterocycles. The number of carboxylic acid groups (broad SMARTS) is 1. The van der Waals surface area contributed by atoms with Gasteiger partial charge in [0, 0.05) is 42.0 Å². The van der Waals surface area contributed by atoms with Crippen molar-refractivity contribution in [1.82, 2.24) is 19.8 Å². The molecule has 7 rings (SSSR count). The highest BCUT2D eigenvalue weighted by Gasteiger charge is 2.26. The second-order valence-electron chi connectivity index (χ2n) is 13.8. The molecule has 2 saturated heterocycles. The van der Waals surface area contributed by atoms with Crippen LogP contribution in [0.25, 0.3) is 22.2 Å². The van der Waals surface area contributed by atoms with Gasteiger partial charge in [-0.3, -0.25) is 19.6 Å². The number of rotatable bonds is 12. The third-order valence-electron chi connectivity index (χ3n) is 10.1. The maximum absolute atomic E-state index is 11.1. The van der Waals surface area contributed by atoms with Crippen molar-refractivity contribution in [3.63, 3.8) is 0 Å². The van der Waals surface area contributed by atoms with Crippen LogP contribution in [-0.4, -0.2) is 63.6 Å². The van der Waals surface area contributed by atoms with Crippen LogP contribution in [0.15, 0.2) is 71.4 Å². The largest absolute Gasteiger partial charge is 0.488 e. The van der Waals surface area contributed by atoms with Gasteiger partial charge in [0.05, 0.1) is 17.1 Å². The molecule has 4 heterocycles. The van der Waals surface area contributed by atoms with E-state index in [-0.39, 0.29) is 19.1 Å². The number of halogens is 1.